The summed E-state index contributed by atoms with van der Waals surface area (Å²) in [4.78, 5) is 86.2. The fourth-order valence-corrected chi connectivity index (χ4v) is 6.40. The lowest BCUT2D eigenvalue weighted by atomic mass is 9.89. The van der Waals surface area contributed by atoms with Crippen molar-refractivity contribution < 1.29 is 28.8 Å². The number of H-pyrrole nitrogens is 1. The van der Waals surface area contributed by atoms with Crippen LogP contribution in [0.1, 0.15) is 57.6 Å². The van der Waals surface area contributed by atoms with Crippen molar-refractivity contribution in [3.8, 4) is 11.8 Å². The average molecular weight is 767 g/mol. The summed E-state index contributed by atoms with van der Waals surface area (Å²) < 4.78 is 0. The number of aromatic amines is 1. The summed E-state index contributed by atoms with van der Waals surface area (Å²) in [5, 5.41) is 10.2. The van der Waals surface area contributed by atoms with Crippen molar-refractivity contribution in [2.75, 3.05) is 26.2 Å². The van der Waals surface area contributed by atoms with Crippen LogP contribution in [0.15, 0.2) is 73.4 Å². The fraction of sp³-hybridized carbons (Fsp3) is 0.429. The molecule has 1 aliphatic rings. The number of hydrogen-bond acceptors (Lipinski definition) is 8. The number of urea groups is 1. The second-order valence-corrected chi connectivity index (χ2v) is 14.2. The molecule has 1 aromatic heterocycles. The molecule has 0 spiro atoms. The predicted octanol–water partition coefficient (Wildman–Crippen LogP) is 2.54. The predicted molar refractivity (Wildman–Crippen MR) is 215 cm³/mol. The number of rotatable bonds is 9. The van der Waals surface area contributed by atoms with Gasteiger partial charge in [0.15, 0.2) is 11.6 Å². The zero-order valence-corrected chi connectivity index (χ0v) is 32.4. The summed E-state index contributed by atoms with van der Waals surface area (Å²) in [5.41, 5.74) is 10.7. The van der Waals surface area contributed by atoms with Crippen molar-refractivity contribution in [2.45, 2.75) is 83.5 Å². The summed E-state index contributed by atoms with van der Waals surface area (Å²) in [6, 6.07) is 12.1. The highest BCUT2D eigenvalue weighted by atomic mass is 16.2. The van der Waals surface area contributed by atoms with Crippen molar-refractivity contribution in [2.24, 2.45) is 11.7 Å². The second kappa shape index (κ2) is 21.3. The van der Waals surface area contributed by atoms with E-state index in [0.29, 0.717) is 38.9 Å². The van der Waals surface area contributed by atoms with Crippen LogP contribution >= 0.6 is 0 Å². The molecule has 5 atom stereocenters. The first-order valence-corrected chi connectivity index (χ1v) is 19.0. The minimum atomic E-state index is -1.16. The first-order valence-electron chi connectivity index (χ1n) is 19.0. The SMILES string of the molecule is C=CCN1CC#CCN(NC(=O)[C@H](C)N)C(=O)N[C@@H](C)C(=O)N[C@@H](Cc2c[nH]c3ccccc23)C(=O)C[C@H](Cc2ccccc2)C(=O)N[C@H](C(C)=O)CCCC1. The molecule has 0 radical (unpaired) electrons. The number of carbonyl (C=O) groups excluding carboxylic acids is 6. The number of nitrogens with one attached hydrogen (secondary N) is 5. The number of amides is 5. The molecule has 5 amide bonds. The number of Topliss-reactive ketones (excluding diaryl/α,β-unsaturated/α-hetero) is 2. The molecule has 2 heterocycles. The number of benzene rings is 2. The van der Waals surface area contributed by atoms with Gasteiger partial charge in [0.25, 0.3) is 5.91 Å². The van der Waals surface area contributed by atoms with E-state index in [1.807, 2.05) is 59.5 Å². The van der Waals surface area contributed by atoms with Crippen LogP contribution in [0.5, 0.6) is 0 Å². The van der Waals surface area contributed by atoms with E-state index in [-0.39, 0.29) is 31.6 Å². The standard InChI is InChI=1S/C42H54N8O6/c1-5-20-49-21-12-11-18-35(30(4)51)46-41(55)32(24-31-15-7-6-8-16-31)26-38(52)37(25-33-27-44-36-19-10-9-17-34(33)36)47-40(54)29(3)45-42(56)50(23-14-13-22-49)48-39(53)28(2)43/h5-10,15-17,19,27-29,32,35,37,44H,1,11-12,18,20-26,43H2,2-4H3,(H,45,56)(H,46,55)(H,47,54)(H,48,53)/t28-,29-,32-,35-,37-/m0/s1. The van der Waals surface area contributed by atoms with E-state index >= 15 is 0 Å². The van der Waals surface area contributed by atoms with E-state index in [1.165, 1.54) is 20.8 Å². The summed E-state index contributed by atoms with van der Waals surface area (Å²) in [6.07, 6.45) is 5.35. The van der Waals surface area contributed by atoms with E-state index in [0.717, 1.165) is 27.0 Å². The molecule has 0 saturated heterocycles. The van der Waals surface area contributed by atoms with Gasteiger partial charge in [0.05, 0.1) is 24.7 Å². The summed E-state index contributed by atoms with van der Waals surface area (Å²) in [5.74, 6) is 2.77. The fourth-order valence-electron chi connectivity index (χ4n) is 6.40. The quantitative estimate of drug-likeness (QED) is 0.141. The van der Waals surface area contributed by atoms with Crippen LogP contribution in [0.3, 0.4) is 0 Å². The molecule has 56 heavy (non-hydrogen) atoms. The third-order valence-electron chi connectivity index (χ3n) is 9.66. The van der Waals surface area contributed by atoms with E-state index in [4.69, 9.17) is 5.73 Å². The van der Waals surface area contributed by atoms with Crippen LogP contribution in [-0.4, -0.2) is 101 Å². The van der Waals surface area contributed by atoms with Gasteiger partial charge in [-0.15, -0.1) is 6.58 Å². The molecule has 2 aromatic carbocycles. The Balaban J connectivity index is 1.69. The van der Waals surface area contributed by atoms with E-state index in [9.17, 15) is 28.8 Å². The number of carbonyl (C=O) groups is 6. The molecule has 0 unspecified atom stereocenters. The van der Waals surface area contributed by atoms with Gasteiger partial charge in [0.1, 0.15) is 12.6 Å². The van der Waals surface area contributed by atoms with Gasteiger partial charge in [-0.05, 0) is 70.2 Å². The summed E-state index contributed by atoms with van der Waals surface area (Å²) in [6.45, 7) is 9.49. The van der Waals surface area contributed by atoms with Gasteiger partial charge in [0, 0.05) is 42.4 Å². The molecule has 3 aromatic rings. The van der Waals surface area contributed by atoms with Crippen molar-refractivity contribution in [1.82, 2.24) is 36.3 Å². The van der Waals surface area contributed by atoms with Crippen molar-refractivity contribution in [3.63, 3.8) is 0 Å². The Hall–Kier alpha value is -5.78. The number of hydrazine groups is 1. The molecular weight excluding hydrogens is 713 g/mol. The second-order valence-electron chi connectivity index (χ2n) is 14.2. The van der Waals surface area contributed by atoms with Crippen molar-refractivity contribution in [3.05, 3.63) is 84.6 Å². The molecule has 14 heteroatoms. The largest absolute Gasteiger partial charge is 0.361 e. The van der Waals surface area contributed by atoms with Crippen LogP contribution < -0.4 is 27.1 Å². The van der Waals surface area contributed by atoms with E-state index < -0.39 is 59.6 Å². The number of hydrogen-bond donors (Lipinski definition) is 6. The van der Waals surface area contributed by atoms with Crippen LogP contribution in [0.2, 0.25) is 0 Å². The molecular formula is C42H54N8O6. The van der Waals surface area contributed by atoms with Crippen LogP contribution in [-0.2, 0) is 36.8 Å². The zero-order valence-electron chi connectivity index (χ0n) is 32.4. The van der Waals surface area contributed by atoms with Crippen molar-refractivity contribution >= 4 is 46.2 Å². The Labute approximate surface area is 328 Å². The smallest absolute Gasteiger partial charge is 0.337 e. The molecule has 298 valence electrons. The highest BCUT2D eigenvalue weighted by Crippen LogP contribution is 2.22. The molecule has 0 bridgehead atoms. The first kappa shape index (κ1) is 43.0. The molecule has 7 N–H and O–H groups in total. The number of nitrogens with zero attached hydrogens (tertiary/aromatic N) is 2. The van der Waals surface area contributed by atoms with E-state index in [1.54, 1.807) is 12.3 Å². The number of para-hydroxylation sites is 1. The van der Waals surface area contributed by atoms with Crippen molar-refractivity contribution in [1.29, 1.82) is 0 Å². The Kier molecular flexibility index (Phi) is 16.4. The van der Waals surface area contributed by atoms with Gasteiger partial charge in [-0.25, -0.2) is 9.80 Å². The molecule has 0 fully saturated rings. The molecule has 1 aliphatic heterocycles. The monoisotopic (exact) mass is 766 g/mol. The average Bonchev–Trinajstić information content (AvgIpc) is 3.58. The summed E-state index contributed by atoms with van der Waals surface area (Å²) in [7, 11) is 0. The molecule has 0 aliphatic carbocycles. The van der Waals surface area contributed by atoms with Crippen LogP contribution in [0.4, 0.5) is 4.79 Å². The Bertz CT molecular complexity index is 1920. The van der Waals surface area contributed by atoms with Crippen LogP contribution in [0, 0.1) is 17.8 Å². The van der Waals surface area contributed by atoms with Crippen LogP contribution in [0.25, 0.3) is 10.9 Å². The maximum Gasteiger partial charge on any atom is 0.337 e. The number of ketones is 2. The number of nitrogens with two attached hydrogens (primary N) is 1. The highest BCUT2D eigenvalue weighted by molar-refractivity contribution is 5.96. The third kappa shape index (κ3) is 12.9. The third-order valence-corrected chi connectivity index (χ3v) is 9.66. The lowest BCUT2D eigenvalue weighted by Gasteiger charge is -2.26. The van der Waals surface area contributed by atoms with Gasteiger partial charge in [-0.1, -0.05) is 66.4 Å². The maximum absolute atomic E-state index is 14.4. The number of aromatic nitrogens is 1. The lowest BCUT2D eigenvalue weighted by Crippen LogP contribution is -2.58. The lowest BCUT2D eigenvalue weighted by molar-refractivity contribution is -0.133. The van der Waals surface area contributed by atoms with Gasteiger partial charge in [-0.3, -0.25) is 34.3 Å². The minimum absolute atomic E-state index is 0.0973. The van der Waals surface area contributed by atoms with Gasteiger partial charge in [-0.2, -0.15) is 0 Å². The van der Waals surface area contributed by atoms with Gasteiger partial charge in [0.2, 0.25) is 11.8 Å². The molecule has 4 rings (SSSR count). The first-order chi connectivity index (χ1) is 26.9. The molecule has 14 nitrogen and oxygen atoms in total. The summed E-state index contributed by atoms with van der Waals surface area (Å²) >= 11 is 0. The maximum atomic E-state index is 14.4. The normalized spacial score (nSPS) is 21.9. The zero-order chi connectivity index (χ0) is 40.6. The number of fused-ring (bicyclic) bond motifs is 1. The highest BCUT2D eigenvalue weighted by Gasteiger charge is 2.32. The molecule has 0 saturated carbocycles. The Morgan fingerprint density at radius 2 is 1.68 bits per heavy atom. The minimum Gasteiger partial charge on any atom is -0.361 e. The Morgan fingerprint density at radius 1 is 0.964 bits per heavy atom. The van der Waals surface area contributed by atoms with Gasteiger partial charge >= 0.3 is 6.03 Å². The topological polar surface area (TPSA) is 199 Å². The van der Waals surface area contributed by atoms with Gasteiger partial charge < -0.3 is 26.7 Å². The van der Waals surface area contributed by atoms with E-state index in [2.05, 4.69) is 44.8 Å². The Morgan fingerprint density at radius 3 is 2.39 bits per heavy atom.